The van der Waals surface area contributed by atoms with Crippen molar-refractivity contribution in [3.05, 3.63) is 21.7 Å². The second kappa shape index (κ2) is 6.15. The van der Waals surface area contributed by atoms with E-state index in [1.54, 1.807) is 0 Å². The van der Waals surface area contributed by atoms with E-state index in [4.69, 9.17) is 4.42 Å². The maximum absolute atomic E-state index is 11.7. The second-order valence-corrected chi connectivity index (χ2v) is 4.96. The van der Waals surface area contributed by atoms with Crippen LogP contribution in [0.3, 0.4) is 0 Å². The van der Waals surface area contributed by atoms with Crippen molar-refractivity contribution in [3.63, 3.8) is 0 Å². The van der Waals surface area contributed by atoms with Crippen molar-refractivity contribution < 1.29 is 9.21 Å². The number of nitrogens with one attached hydrogen (secondary N) is 2. The average molecular weight is 347 g/mol. The summed E-state index contributed by atoms with van der Waals surface area (Å²) in [6.07, 6.45) is 3.27. The number of nitrogens with zero attached hydrogens (tertiary/aromatic N) is 1. The van der Waals surface area contributed by atoms with Crippen LogP contribution < -0.4 is 10.7 Å². The van der Waals surface area contributed by atoms with Crippen LogP contribution in [0.15, 0.2) is 21.7 Å². The lowest BCUT2D eigenvalue weighted by molar-refractivity contribution is -0.125. The maximum Gasteiger partial charge on any atom is 0.243 e. The second-order valence-electron chi connectivity index (χ2n) is 3.90. The summed E-state index contributed by atoms with van der Waals surface area (Å²) in [5.41, 5.74) is 2.55. The van der Waals surface area contributed by atoms with E-state index in [1.165, 1.54) is 6.21 Å². The van der Waals surface area contributed by atoms with E-state index in [-0.39, 0.29) is 11.8 Å². The zero-order chi connectivity index (χ0) is 12.1. The first-order valence-corrected chi connectivity index (χ1v) is 6.62. The number of rotatable bonds is 3. The highest BCUT2D eigenvalue weighted by atomic mass is 127. The molecule has 0 aromatic carbocycles. The van der Waals surface area contributed by atoms with Gasteiger partial charge in [0.05, 0.1) is 6.21 Å². The van der Waals surface area contributed by atoms with Gasteiger partial charge in [0.2, 0.25) is 5.91 Å². The van der Waals surface area contributed by atoms with Gasteiger partial charge in [-0.1, -0.05) is 0 Å². The molecule has 0 bridgehead atoms. The summed E-state index contributed by atoms with van der Waals surface area (Å²) in [5.74, 6) is 0.703. The number of hydrogen-bond donors (Lipinski definition) is 2. The molecule has 0 spiro atoms. The van der Waals surface area contributed by atoms with Crippen LogP contribution in [-0.4, -0.2) is 25.2 Å². The van der Waals surface area contributed by atoms with Crippen molar-refractivity contribution in [2.45, 2.75) is 12.8 Å². The molecule has 1 aromatic rings. The van der Waals surface area contributed by atoms with Gasteiger partial charge in [-0.2, -0.15) is 5.10 Å². The lowest BCUT2D eigenvalue weighted by atomic mass is 9.98. The molecule has 6 heteroatoms. The fourth-order valence-electron chi connectivity index (χ4n) is 1.73. The maximum atomic E-state index is 11.7. The number of furan rings is 1. The smallest absolute Gasteiger partial charge is 0.243 e. The van der Waals surface area contributed by atoms with Crippen molar-refractivity contribution in [3.8, 4) is 0 Å². The lowest BCUT2D eigenvalue weighted by Gasteiger charge is -2.20. The Morgan fingerprint density at radius 3 is 2.94 bits per heavy atom. The summed E-state index contributed by atoms with van der Waals surface area (Å²) in [7, 11) is 0. The van der Waals surface area contributed by atoms with Crippen molar-refractivity contribution in [1.82, 2.24) is 10.7 Å². The molecule has 1 aliphatic heterocycles. The van der Waals surface area contributed by atoms with Crippen molar-refractivity contribution in [1.29, 1.82) is 0 Å². The van der Waals surface area contributed by atoms with E-state index in [0.29, 0.717) is 5.76 Å². The molecule has 1 amide bonds. The van der Waals surface area contributed by atoms with Crippen LogP contribution >= 0.6 is 22.6 Å². The van der Waals surface area contributed by atoms with Crippen LogP contribution in [0, 0.1) is 9.68 Å². The number of piperidine rings is 1. The first kappa shape index (κ1) is 12.6. The minimum absolute atomic E-state index is 0.0102. The largest absolute Gasteiger partial charge is 0.449 e. The molecule has 1 aromatic heterocycles. The predicted octanol–water partition coefficient (Wildman–Crippen LogP) is 1.33. The number of hydrogen-bond acceptors (Lipinski definition) is 4. The number of halogens is 1. The number of hydrazone groups is 1. The third-order valence-electron chi connectivity index (χ3n) is 2.67. The number of amides is 1. The molecular formula is C11H14IN3O2. The standard InChI is InChI=1S/C11H14IN3O2/c12-10-2-1-9(17-10)7-14-15-11(16)8-3-5-13-6-4-8/h1-2,7-8,13H,3-6H2,(H,15,16)/b14-7+. The SMILES string of the molecule is O=C(N/N=C/c1ccc(I)o1)C1CCNCC1. The summed E-state index contributed by atoms with van der Waals surface area (Å²) < 4.78 is 6.09. The van der Waals surface area contributed by atoms with E-state index in [1.807, 2.05) is 12.1 Å². The molecule has 1 aliphatic rings. The van der Waals surface area contributed by atoms with Gasteiger partial charge in [0.25, 0.3) is 0 Å². The van der Waals surface area contributed by atoms with E-state index >= 15 is 0 Å². The molecule has 1 saturated heterocycles. The fourth-order valence-corrected chi connectivity index (χ4v) is 2.17. The average Bonchev–Trinajstić information content (AvgIpc) is 2.76. The van der Waals surface area contributed by atoms with E-state index in [9.17, 15) is 4.79 Å². The summed E-state index contributed by atoms with van der Waals surface area (Å²) in [4.78, 5) is 11.7. The Labute approximate surface area is 113 Å². The Kier molecular flexibility index (Phi) is 4.55. The fraction of sp³-hybridized carbons (Fsp3) is 0.455. The van der Waals surface area contributed by atoms with Crippen molar-refractivity contribution in [2.75, 3.05) is 13.1 Å². The molecule has 1 fully saturated rings. The molecule has 0 atom stereocenters. The minimum Gasteiger partial charge on any atom is -0.449 e. The van der Waals surface area contributed by atoms with Crippen LogP contribution in [0.4, 0.5) is 0 Å². The van der Waals surface area contributed by atoms with E-state index < -0.39 is 0 Å². The normalized spacial score (nSPS) is 17.5. The minimum atomic E-state index is -0.0102. The van der Waals surface area contributed by atoms with Crippen LogP contribution in [0.5, 0.6) is 0 Å². The molecule has 0 unspecified atom stereocenters. The van der Waals surface area contributed by atoms with Gasteiger partial charge in [-0.25, -0.2) is 5.43 Å². The van der Waals surface area contributed by atoms with Crippen LogP contribution in [-0.2, 0) is 4.79 Å². The van der Waals surface area contributed by atoms with Gasteiger partial charge in [-0.05, 0) is 60.7 Å². The summed E-state index contributed by atoms with van der Waals surface area (Å²) in [5, 5.41) is 7.11. The first-order chi connectivity index (χ1) is 8.25. The summed E-state index contributed by atoms with van der Waals surface area (Å²) in [6.45, 7) is 1.80. The van der Waals surface area contributed by atoms with E-state index in [2.05, 4.69) is 38.4 Å². The monoisotopic (exact) mass is 347 g/mol. The third-order valence-corrected chi connectivity index (χ3v) is 3.25. The Balaban J connectivity index is 1.81. The third kappa shape index (κ3) is 3.81. The van der Waals surface area contributed by atoms with Gasteiger partial charge in [0, 0.05) is 5.92 Å². The Morgan fingerprint density at radius 1 is 1.53 bits per heavy atom. The number of carbonyl (C=O) groups excluding carboxylic acids is 1. The summed E-state index contributed by atoms with van der Waals surface area (Å²) >= 11 is 2.08. The highest BCUT2D eigenvalue weighted by molar-refractivity contribution is 14.1. The molecule has 0 saturated carbocycles. The van der Waals surface area contributed by atoms with E-state index in [0.717, 1.165) is 29.7 Å². The molecule has 92 valence electrons. The molecule has 2 rings (SSSR count). The Hall–Kier alpha value is -0.890. The molecule has 0 radical (unpaired) electrons. The van der Waals surface area contributed by atoms with Gasteiger partial charge >= 0.3 is 0 Å². The zero-order valence-electron chi connectivity index (χ0n) is 9.28. The highest BCUT2D eigenvalue weighted by Crippen LogP contribution is 2.11. The predicted molar refractivity (Wildman–Crippen MR) is 72.8 cm³/mol. The number of carbonyl (C=O) groups is 1. The van der Waals surface area contributed by atoms with Crippen LogP contribution in [0.25, 0.3) is 0 Å². The van der Waals surface area contributed by atoms with Crippen molar-refractivity contribution in [2.24, 2.45) is 11.0 Å². The Bertz CT molecular complexity index is 411. The lowest BCUT2D eigenvalue weighted by Crippen LogP contribution is -2.36. The molecule has 0 aliphatic carbocycles. The molecule has 5 nitrogen and oxygen atoms in total. The topological polar surface area (TPSA) is 66.6 Å². The molecule has 17 heavy (non-hydrogen) atoms. The van der Waals surface area contributed by atoms with Gasteiger partial charge < -0.3 is 9.73 Å². The van der Waals surface area contributed by atoms with Crippen molar-refractivity contribution >= 4 is 34.7 Å². The zero-order valence-corrected chi connectivity index (χ0v) is 11.4. The van der Waals surface area contributed by atoms with Crippen LogP contribution in [0.1, 0.15) is 18.6 Å². The molecular weight excluding hydrogens is 333 g/mol. The highest BCUT2D eigenvalue weighted by Gasteiger charge is 2.20. The first-order valence-electron chi connectivity index (χ1n) is 5.54. The van der Waals surface area contributed by atoms with Gasteiger partial charge in [0.15, 0.2) is 3.77 Å². The van der Waals surface area contributed by atoms with Gasteiger partial charge in [0.1, 0.15) is 5.76 Å². The van der Waals surface area contributed by atoms with Gasteiger partial charge in [-0.15, -0.1) is 0 Å². The van der Waals surface area contributed by atoms with Crippen LogP contribution in [0.2, 0.25) is 0 Å². The Morgan fingerprint density at radius 2 is 2.29 bits per heavy atom. The molecule has 2 N–H and O–H groups in total. The summed E-state index contributed by atoms with van der Waals surface area (Å²) in [6, 6.07) is 3.65. The molecule has 2 heterocycles. The quantitative estimate of drug-likeness (QED) is 0.493. The van der Waals surface area contributed by atoms with Gasteiger partial charge in [-0.3, -0.25) is 4.79 Å².